The summed E-state index contributed by atoms with van der Waals surface area (Å²) in [7, 11) is 0. The molecule has 1 aliphatic rings. The van der Waals surface area contributed by atoms with Crippen molar-refractivity contribution >= 4 is 22.4 Å². The second-order valence-electron chi connectivity index (χ2n) is 7.49. The van der Waals surface area contributed by atoms with Gasteiger partial charge in [-0.25, -0.2) is 0 Å². The number of fused-ring (bicyclic) bond motifs is 1. The number of carbonyl (C=O) groups is 1. The highest BCUT2D eigenvalue weighted by atomic mass is 16.1. The first-order chi connectivity index (χ1) is 13.2. The van der Waals surface area contributed by atoms with Gasteiger partial charge in [0.15, 0.2) is 0 Å². The van der Waals surface area contributed by atoms with E-state index in [9.17, 15) is 4.79 Å². The first-order valence-electron chi connectivity index (χ1n) is 9.76. The zero-order valence-electron chi connectivity index (χ0n) is 15.8. The average Bonchev–Trinajstić information content (AvgIpc) is 2.70. The molecule has 0 spiro atoms. The molecule has 27 heavy (non-hydrogen) atoms. The Labute approximate surface area is 161 Å². The molecule has 0 saturated carbocycles. The molecule has 1 heterocycles. The van der Waals surface area contributed by atoms with E-state index < -0.39 is 0 Å². The Morgan fingerprint density at radius 3 is 2.48 bits per heavy atom. The summed E-state index contributed by atoms with van der Waals surface area (Å²) in [5.41, 5.74) is 3.41. The number of rotatable bonds is 4. The van der Waals surface area contributed by atoms with Crippen LogP contribution < -0.4 is 5.32 Å². The van der Waals surface area contributed by atoms with Gasteiger partial charge in [-0.1, -0.05) is 60.7 Å². The van der Waals surface area contributed by atoms with Crippen LogP contribution in [0, 0.1) is 12.8 Å². The number of para-hydroxylation sites is 1. The zero-order chi connectivity index (χ0) is 18.6. The number of nitrogens with one attached hydrogen (secondary N) is 1. The minimum Gasteiger partial charge on any atom is -0.326 e. The summed E-state index contributed by atoms with van der Waals surface area (Å²) in [6.07, 6.45) is 1.84. The molecule has 1 saturated heterocycles. The van der Waals surface area contributed by atoms with Crippen LogP contribution in [-0.2, 0) is 11.3 Å². The highest BCUT2D eigenvalue weighted by molar-refractivity contribution is 5.93. The number of anilines is 1. The zero-order valence-corrected chi connectivity index (χ0v) is 15.8. The van der Waals surface area contributed by atoms with Crippen LogP contribution in [0.5, 0.6) is 0 Å². The first kappa shape index (κ1) is 17.7. The number of nitrogens with zero attached hydrogens (tertiary/aromatic N) is 1. The summed E-state index contributed by atoms with van der Waals surface area (Å²) < 4.78 is 0. The van der Waals surface area contributed by atoms with Gasteiger partial charge in [-0.3, -0.25) is 9.69 Å². The van der Waals surface area contributed by atoms with E-state index in [4.69, 9.17) is 0 Å². The van der Waals surface area contributed by atoms with Crippen LogP contribution in [0.2, 0.25) is 0 Å². The number of benzene rings is 3. The number of piperidine rings is 1. The molecule has 138 valence electrons. The number of carbonyl (C=O) groups excluding carboxylic acids is 1. The number of hydrogen-bond acceptors (Lipinski definition) is 2. The maximum atomic E-state index is 12.6. The van der Waals surface area contributed by atoms with Crippen molar-refractivity contribution in [1.82, 2.24) is 4.90 Å². The van der Waals surface area contributed by atoms with Gasteiger partial charge in [-0.05, 0) is 60.8 Å². The molecule has 1 aliphatic heterocycles. The second kappa shape index (κ2) is 7.93. The largest absolute Gasteiger partial charge is 0.326 e. The van der Waals surface area contributed by atoms with E-state index in [1.54, 1.807) is 0 Å². The normalized spacial score (nSPS) is 15.7. The van der Waals surface area contributed by atoms with E-state index >= 15 is 0 Å². The van der Waals surface area contributed by atoms with Gasteiger partial charge in [0, 0.05) is 18.2 Å². The molecule has 0 unspecified atom stereocenters. The van der Waals surface area contributed by atoms with Crippen molar-refractivity contribution < 1.29 is 4.79 Å². The number of aryl methyl sites for hydroxylation is 1. The molecule has 1 amide bonds. The lowest BCUT2D eigenvalue weighted by atomic mass is 9.95. The fourth-order valence-corrected chi connectivity index (χ4v) is 3.97. The number of hydrogen-bond donors (Lipinski definition) is 1. The Morgan fingerprint density at radius 2 is 1.67 bits per heavy atom. The Bertz CT molecular complexity index is 937. The summed E-state index contributed by atoms with van der Waals surface area (Å²) >= 11 is 0. The highest BCUT2D eigenvalue weighted by Gasteiger charge is 2.25. The van der Waals surface area contributed by atoms with Crippen LogP contribution in [0.1, 0.15) is 24.0 Å². The van der Waals surface area contributed by atoms with Gasteiger partial charge in [-0.2, -0.15) is 0 Å². The molecule has 0 radical (unpaired) electrons. The van der Waals surface area contributed by atoms with Gasteiger partial charge in [0.05, 0.1) is 0 Å². The van der Waals surface area contributed by atoms with Crippen molar-refractivity contribution in [3.05, 3.63) is 77.9 Å². The Hall–Kier alpha value is -2.65. The molecular formula is C24H26N2O. The summed E-state index contributed by atoms with van der Waals surface area (Å²) in [5.74, 6) is 0.266. The molecule has 3 heteroatoms. The van der Waals surface area contributed by atoms with Crippen molar-refractivity contribution in [3.63, 3.8) is 0 Å². The van der Waals surface area contributed by atoms with Crippen molar-refractivity contribution in [2.75, 3.05) is 18.4 Å². The van der Waals surface area contributed by atoms with Crippen molar-refractivity contribution in [2.24, 2.45) is 5.92 Å². The summed E-state index contributed by atoms with van der Waals surface area (Å²) in [4.78, 5) is 15.1. The minimum atomic E-state index is 0.105. The van der Waals surface area contributed by atoms with Crippen molar-refractivity contribution in [3.8, 4) is 0 Å². The van der Waals surface area contributed by atoms with Gasteiger partial charge in [0.25, 0.3) is 0 Å². The SMILES string of the molecule is Cc1ccccc1NC(=O)C1CCN(Cc2cccc3ccccc23)CC1. The van der Waals surface area contributed by atoms with E-state index in [0.29, 0.717) is 0 Å². The van der Waals surface area contributed by atoms with E-state index in [1.165, 1.54) is 16.3 Å². The van der Waals surface area contributed by atoms with Crippen molar-refractivity contribution in [2.45, 2.75) is 26.3 Å². The van der Waals surface area contributed by atoms with Crippen LogP contribution in [0.3, 0.4) is 0 Å². The number of likely N-dealkylation sites (tertiary alicyclic amines) is 1. The lowest BCUT2D eigenvalue weighted by Gasteiger charge is -2.31. The van der Waals surface area contributed by atoms with Gasteiger partial charge in [0.2, 0.25) is 5.91 Å². The highest BCUT2D eigenvalue weighted by Crippen LogP contribution is 2.24. The first-order valence-corrected chi connectivity index (χ1v) is 9.76. The molecule has 1 fully saturated rings. The third kappa shape index (κ3) is 4.04. The molecule has 0 bridgehead atoms. The van der Waals surface area contributed by atoms with Gasteiger partial charge >= 0.3 is 0 Å². The molecule has 0 aromatic heterocycles. The van der Waals surface area contributed by atoms with Crippen LogP contribution >= 0.6 is 0 Å². The summed E-state index contributed by atoms with van der Waals surface area (Å²) in [6, 6.07) is 23.1. The van der Waals surface area contributed by atoms with Crippen LogP contribution in [-0.4, -0.2) is 23.9 Å². The Kier molecular flexibility index (Phi) is 5.21. The topological polar surface area (TPSA) is 32.3 Å². The van der Waals surface area contributed by atoms with Crippen molar-refractivity contribution in [1.29, 1.82) is 0 Å². The third-order valence-electron chi connectivity index (χ3n) is 5.64. The van der Waals surface area contributed by atoms with Crippen LogP contribution in [0.25, 0.3) is 10.8 Å². The van der Waals surface area contributed by atoms with E-state index in [0.717, 1.165) is 43.7 Å². The van der Waals surface area contributed by atoms with Gasteiger partial charge < -0.3 is 5.32 Å². The average molecular weight is 358 g/mol. The fraction of sp³-hybridized carbons (Fsp3) is 0.292. The molecule has 3 aromatic rings. The van der Waals surface area contributed by atoms with E-state index in [2.05, 4.69) is 52.7 Å². The number of amides is 1. The maximum Gasteiger partial charge on any atom is 0.227 e. The maximum absolute atomic E-state index is 12.6. The summed E-state index contributed by atoms with van der Waals surface area (Å²) in [6.45, 7) is 4.92. The Morgan fingerprint density at radius 1 is 0.963 bits per heavy atom. The monoisotopic (exact) mass is 358 g/mol. The lowest BCUT2D eigenvalue weighted by Crippen LogP contribution is -2.37. The summed E-state index contributed by atoms with van der Waals surface area (Å²) in [5, 5.41) is 5.74. The van der Waals surface area contributed by atoms with E-state index in [1.807, 2.05) is 31.2 Å². The molecular weight excluding hydrogens is 332 g/mol. The second-order valence-corrected chi connectivity index (χ2v) is 7.49. The van der Waals surface area contributed by atoms with Crippen LogP contribution in [0.4, 0.5) is 5.69 Å². The quantitative estimate of drug-likeness (QED) is 0.712. The molecule has 0 atom stereocenters. The lowest BCUT2D eigenvalue weighted by molar-refractivity contribution is -0.121. The molecule has 3 aromatic carbocycles. The third-order valence-corrected chi connectivity index (χ3v) is 5.64. The predicted molar refractivity (Wildman–Crippen MR) is 112 cm³/mol. The molecule has 1 N–H and O–H groups in total. The Balaban J connectivity index is 1.36. The fourth-order valence-electron chi connectivity index (χ4n) is 3.97. The smallest absolute Gasteiger partial charge is 0.227 e. The molecule has 0 aliphatic carbocycles. The standard InChI is InChI=1S/C24H26N2O/c1-18-7-2-5-12-23(18)25-24(27)20-13-15-26(16-14-20)17-21-10-6-9-19-8-3-4-11-22(19)21/h2-12,20H,13-17H2,1H3,(H,25,27). The van der Waals surface area contributed by atoms with E-state index in [-0.39, 0.29) is 11.8 Å². The predicted octanol–water partition coefficient (Wildman–Crippen LogP) is 5.00. The van der Waals surface area contributed by atoms with Gasteiger partial charge in [-0.15, -0.1) is 0 Å². The molecule has 3 nitrogen and oxygen atoms in total. The van der Waals surface area contributed by atoms with Gasteiger partial charge in [0.1, 0.15) is 0 Å². The molecule has 4 rings (SSSR count). The van der Waals surface area contributed by atoms with Crippen LogP contribution in [0.15, 0.2) is 66.7 Å². The minimum absolute atomic E-state index is 0.105.